The number of carbonyl (C=O) groups excluding carboxylic acids is 2. The minimum absolute atomic E-state index is 0.00336. The average molecular weight is 439 g/mol. The highest BCUT2D eigenvalue weighted by Crippen LogP contribution is 2.55. The molecule has 1 aromatic carbocycles. The number of piperidine rings is 1. The van der Waals surface area contributed by atoms with Crippen LogP contribution >= 0.6 is 0 Å². The molecule has 1 aliphatic heterocycles. The number of benzene rings is 1. The van der Waals surface area contributed by atoms with Crippen LogP contribution in [-0.2, 0) is 0 Å². The molecule has 1 atom stereocenters. The van der Waals surface area contributed by atoms with Gasteiger partial charge in [-0.1, -0.05) is 30.3 Å². The van der Waals surface area contributed by atoms with Gasteiger partial charge in [0.15, 0.2) is 0 Å². The highest BCUT2D eigenvalue weighted by molar-refractivity contribution is 5.75. The predicted molar refractivity (Wildman–Crippen MR) is 125 cm³/mol. The molecule has 32 heavy (non-hydrogen) atoms. The molecule has 6 heteroatoms. The minimum atomic E-state index is -0.00336. The number of amides is 4. The molecule has 0 radical (unpaired) electrons. The van der Waals surface area contributed by atoms with E-state index in [2.05, 4.69) is 16.0 Å². The van der Waals surface area contributed by atoms with Gasteiger partial charge in [0.25, 0.3) is 0 Å². The standard InChI is InChI=1S/C26H38N4O2/c1-18(23-5-3-2-4-6-23)28-25(32)30-9-7-19(8-10-30)17-27-24(31)29-26-14-20-11-21(15-26)13-22(12-20)16-26/h2-6,18-22H,7-17H2,1H3,(H,28,32)(H2,27,29,31). The lowest BCUT2D eigenvalue weighted by Crippen LogP contribution is -2.61. The zero-order valence-corrected chi connectivity index (χ0v) is 19.3. The van der Waals surface area contributed by atoms with Gasteiger partial charge in [-0.15, -0.1) is 0 Å². The first kappa shape index (κ1) is 21.6. The summed E-state index contributed by atoms with van der Waals surface area (Å²) in [6, 6.07) is 10.1. The van der Waals surface area contributed by atoms with Gasteiger partial charge in [-0.3, -0.25) is 0 Å². The van der Waals surface area contributed by atoms with Crippen molar-refractivity contribution in [1.29, 1.82) is 0 Å². The van der Waals surface area contributed by atoms with Gasteiger partial charge in [-0.25, -0.2) is 9.59 Å². The highest BCUT2D eigenvalue weighted by atomic mass is 16.2. The Balaban J connectivity index is 1.03. The van der Waals surface area contributed by atoms with Crippen LogP contribution in [-0.4, -0.2) is 42.1 Å². The van der Waals surface area contributed by atoms with Gasteiger partial charge in [0.05, 0.1) is 6.04 Å². The van der Waals surface area contributed by atoms with Crippen LogP contribution in [0.5, 0.6) is 0 Å². The lowest BCUT2D eigenvalue weighted by atomic mass is 9.53. The van der Waals surface area contributed by atoms with Crippen LogP contribution in [0.4, 0.5) is 9.59 Å². The molecule has 6 rings (SSSR count). The molecule has 4 saturated carbocycles. The Morgan fingerprint density at radius 3 is 2.19 bits per heavy atom. The van der Waals surface area contributed by atoms with Gasteiger partial charge in [0.1, 0.15) is 0 Å². The van der Waals surface area contributed by atoms with E-state index >= 15 is 0 Å². The minimum Gasteiger partial charge on any atom is -0.338 e. The largest absolute Gasteiger partial charge is 0.338 e. The SMILES string of the molecule is CC(NC(=O)N1CCC(CNC(=O)NC23CC4CC(CC(C4)C2)C3)CC1)c1ccccc1. The second kappa shape index (κ2) is 8.95. The summed E-state index contributed by atoms with van der Waals surface area (Å²) in [5.41, 5.74) is 1.18. The van der Waals surface area contributed by atoms with Crippen molar-refractivity contribution in [3.05, 3.63) is 35.9 Å². The number of carbonyl (C=O) groups is 2. The molecule has 5 aliphatic rings. The molecule has 1 aromatic rings. The molecule has 1 unspecified atom stereocenters. The molecule has 0 aromatic heterocycles. The van der Waals surface area contributed by atoms with Crippen LogP contribution in [0.25, 0.3) is 0 Å². The molecule has 1 saturated heterocycles. The number of nitrogens with zero attached hydrogens (tertiary/aromatic N) is 1. The molecule has 0 spiro atoms. The van der Waals surface area contributed by atoms with Crippen LogP contribution in [0.2, 0.25) is 0 Å². The van der Waals surface area contributed by atoms with Gasteiger partial charge in [-0.2, -0.15) is 0 Å². The fourth-order valence-corrected chi connectivity index (χ4v) is 7.23. The average Bonchev–Trinajstić information content (AvgIpc) is 2.77. The summed E-state index contributed by atoms with van der Waals surface area (Å²) in [6.07, 6.45) is 9.58. The van der Waals surface area contributed by atoms with E-state index in [1.54, 1.807) is 0 Å². The summed E-state index contributed by atoms with van der Waals surface area (Å²) in [5, 5.41) is 9.67. The quantitative estimate of drug-likeness (QED) is 0.636. The summed E-state index contributed by atoms with van der Waals surface area (Å²) in [6.45, 7) is 4.22. The first-order valence-electron chi connectivity index (χ1n) is 12.6. The second-order valence-corrected chi connectivity index (χ2v) is 11.0. The van der Waals surface area contributed by atoms with Crippen LogP contribution in [0.1, 0.15) is 69.9 Å². The maximum atomic E-state index is 12.7. The van der Waals surface area contributed by atoms with Crippen molar-refractivity contribution in [2.45, 2.75) is 69.9 Å². The summed E-state index contributed by atoms with van der Waals surface area (Å²) >= 11 is 0. The third kappa shape index (κ3) is 4.74. The highest BCUT2D eigenvalue weighted by Gasteiger charge is 2.51. The third-order valence-corrected chi connectivity index (χ3v) is 8.51. The van der Waals surface area contributed by atoms with E-state index in [-0.39, 0.29) is 23.6 Å². The summed E-state index contributed by atoms with van der Waals surface area (Å²) in [4.78, 5) is 27.3. The fourth-order valence-electron chi connectivity index (χ4n) is 7.23. The zero-order chi connectivity index (χ0) is 22.1. The van der Waals surface area contributed by atoms with E-state index < -0.39 is 0 Å². The van der Waals surface area contributed by atoms with Gasteiger partial charge >= 0.3 is 12.1 Å². The number of likely N-dealkylation sites (tertiary alicyclic amines) is 1. The number of urea groups is 2. The molecule has 4 bridgehead atoms. The second-order valence-electron chi connectivity index (χ2n) is 11.0. The van der Waals surface area contributed by atoms with Crippen molar-refractivity contribution < 1.29 is 9.59 Å². The van der Waals surface area contributed by atoms with E-state index in [1.165, 1.54) is 38.5 Å². The van der Waals surface area contributed by atoms with Crippen molar-refractivity contribution in [2.75, 3.05) is 19.6 Å². The lowest BCUT2D eigenvalue weighted by molar-refractivity contribution is -0.0135. The summed E-state index contributed by atoms with van der Waals surface area (Å²) in [7, 11) is 0. The van der Waals surface area contributed by atoms with Gasteiger partial charge in [0, 0.05) is 25.2 Å². The Morgan fingerprint density at radius 2 is 1.59 bits per heavy atom. The molecular formula is C26H38N4O2. The van der Waals surface area contributed by atoms with Crippen molar-refractivity contribution in [3.8, 4) is 0 Å². The van der Waals surface area contributed by atoms with E-state index in [4.69, 9.17) is 0 Å². The van der Waals surface area contributed by atoms with E-state index in [1.807, 2.05) is 42.2 Å². The zero-order valence-electron chi connectivity index (χ0n) is 19.3. The predicted octanol–water partition coefficient (Wildman–Crippen LogP) is 4.44. The van der Waals surface area contributed by atoms with Crippen molar-refractivity contribution in [2.24, 2.45) is 23.7 Å². The maximum absolute atomic E-state index is 12.7. The van der Waals surface area contributed by atoms with Crippen LogP contribution < -0.4 is 16.0 Å². The lowest BCUT2D eigenvalue weighted by Gasteiger charge is -2.56. The van der Waals surface area contributed by atoms with E-state index in [9.17, 15) is 9.59 Å². The molecule has 1 heterocycles. The third-order valence-electron chi connectivity index (χ3n) is 8.51. The number of rotatable bonds is 5. The number of nitrogens with one attached hydrogen (secondary N) is 3. The maximum Gasteiger partial charge on any atom is 0.317 e. The van der Waals surface area contributed by atoms with Crippen LogP contribution in [0.15, 0.2) is 30.3 Å². The fraction of sp³-hybridized carbons (Fsp3) is 0.692. The Hall–Kier alpha value is -2.24. The molecule has 6 nitrogen and oxygen atoms in total. The van der Waals surface area contributed by atoms with Gasteiger partial charge in [-0.05, 0) is 87.5 Å². The van der Waals surface area contributed by atoms with E-state index in [0.717, 1.165) is 49.2 Å². The van der Waals surface area contributed by atoms with Crippen molar-refractivity contribution in [3.63, 3.8) is 0 Å². The van der Waals surface area contributed by atoms with Gasteiger partial charge in [0.2, 0.25) is 0 Å². The normalized spacial score (nSPS) is 32.4. The Labute approximate surface area is 191 Å². The Kier molecular flexibility index (Phi) is 6.04. The number of hydrogen-bond donors (Lipinski definition) is 3. The monoisotopic (exact) mass is 438 g/mol. The number of hydrogen-bond acceptors (Lipinski definition) is 2. The van der Waals surface area contributed by atoms with Gasteiger partial charge < -0.3 is 20.9 Å². The van der Waals surface area contributed by atoms with E-state index in [0.29, 0.717) is 12.5 Å². The first-order chi connectivity index (χ1) is 15.5. The Bertz CT molecular complexity index is 783. The molecule has 5 fully saturated rings. The topological polar surface area (TPSA) is 73.5 Å². The molecular weight excluding hydrogens is 400 g/mol. The van der Waals surface area contributed by atoms with Crippen LogP contribution in [0.3, 0.4) is 0 Å². The molecule has 4 amide bonds. The molecule has 174 valence electrons. The summed E-state index contributed by atoms with van der Waals surface area (Å²) in [5.74, 6) is 2.94. The smallest absolute Gasteiger partial charge is 0.317 e. The van der Waals surface area contributed by atoms with Crippen molar-refractivity contribution in [1.82, 2.24) is 20.9 Å². The Morgan fingerprint density at radius 1 is 1.00 bits per heavy atom. The summed E-state index contributed by atoms with van der Waals surface area (Å²) < 4.78 is 0. The molecule has 4 aliphatic carbocycles. The molecule has 3 N–H and O–H groups in total. The van der Waals surface area contributed by atoms with Crippen molar-refractivity contribution >= 4 is 12.1 Å². The first-order valence-corrected chi connectivity index (χ1v) is 12.6. The van der Waals surface area contributed by atoms with Crippen LogP contribution in [0, 0.1) is 23.7 Å².